The fourth-order valence-electron chi connectivity index (χ4n) is 1.80. The normalized spacial score (nSPS) is 10.8. The van der Waals surface area contributed by atoms with Crippen LogP contribution >= 0.6 is 15.9 Å². The number of ketones is 1. The minimum absolute atomic E-state index is 0.0360. The standard InChI is InChI=1S/C16H12BrNO3/c1-11-2-4-12(5-3-11)16(19)9-6-13-10-14(17)7-8-15(13)18(20)21/h2-10H,1H3/b9-6+. The molecule has 0 aliphatic rings. The molecule has 2 rings (SSSR count). The minimum atomic E-state index is -0.470. The van der Waals surface area contributed by atoms with E-state index in [1.807, 2.05) is 19.1 Å². The Labute approximate surface area is 130 Å². The molecule has 0 aliphatic heterocycles. The second-order valence-corrected chi connectivity index (χ2v) is 5.44. The molecule has 0 saturated heterocycles. The lowest BCUT2D eigenvalue weighted by Gasteiger charge is -1.99. The summed E-state index contributed by atoms with van der Waals surface area (Å²) in [5.41, 5.74) is 1.97. The first-order valence-electron chi connectivity index (χ1n) is 6.20. The first-order chi connectivity index (χ1) is 9.97. The number of rotatable bonds is 4. The van der Waals surface area contributed by atoms with E-state index >= 15 is 0 Å². The molecule has 0 N–H and O–H groups in total. The fraction of sp³-hybridized carbons (Fsp3) is 0.0625. The molecular formula is C16H12BrNO3. The molecule has 0 spiro atoms. The van der Waals surface area contributed by atoms with Gasteiger partial charge < -0.3 is 0 Å². The average molecular weight is 346 g/mol. The fourth-order valence-corrected chi connectivity index (χ4v) is 2.18. The summed E-state index contributed by atoms with van der Waals surface area (Å²) in [6, 6.07) is 11.8. The van der Waals surface area contributed by atoms with Crippen LogP contribution in [-0.4, -0.2) is 10.7 Å². The lowest BCUT2D eigenvalue weighted by Crippen LogP contribution is -1.95. The molecule has 21 heavy (non-hydrogen) atoms. The van der Waals surface area contributed by atoms with Crippen LogP contribution in [0.25, 0.3) is 6.08 Å². The molecule has 0 unspecified atom stereocenters. The van der Waals surface area contributed by atoms with Gasteiger partial charge in [-0.25, -0.2) is 0 Å². The maximum atomic E-state index is 12.0. The highest BCUT2D eigenvalue weighted by molar-refractivity contribution is 9.10. The minimum Gasteiger partial charge on any atom is -0.289 e. The number of benzene rings is 2. The van der Waals surface area contributed by atoms with Crippen LogP contribution in [0.15, 0.2) is 53.0 Å². The molecule has 0 heterocycles. The number of carbonyl (C=O) groups excluding carboxylic acids is 1. The van der Waals surface area contributed by atoms with Crippen molar-refractivity contribution in [1.29, 1.82) is 0 Å². The van der Waals surface area contributed by atoms with Crippen LogP contribution in [0.3, 0.4) is 0 Å². The second-order valence-electron chi connectivity index (χ2n) is 4.52. The molecule has 0 aromatic heterocycles. The van der Waals surface area contributed by atoms with Crippen LogP contribution in [0, 0.1) is 17.0 Å². The van der Waals surface area contributed by atoms with Gasteiger partial charge in [-0.15, -0.1) is 0 Å². The lowest BCUT2D eigenvalue weighted by atomic mass is 10.1. The zero-order valence-corrected chi connectivity index (χ0v) is 12.8. The Morgan fingerprint density at radius 3 is 2.48 bits per heavy atom. The zero-order valence-electron chi connectivity index (χ0n) is 11.2. The number of halogens is 1. The quantitative estimate of drug-likeness (QED) is 0.353. The van der Waals surface area contributed by atoms with Gasteiger partial charge in [-0.05, 0) is 31.2 Å². The third kappa shape index (κ3) is 3.86. The summed E-state index contributed by atoms with van der Waals surface area (Å²) >= 11 is 3.26. The molecule has 4 nitrogen and oxygen atoms in total. The molecular weight excluding hydrogens is 334 g/mol. The SMILES string of the molecule is Cc1ccc(C(=O)/C=C/c2cc(Br)ccc2[N+](=O)[O-])cc1. The van der Waals surface area contributed by atoms with Gasteiger partial charge in [0.15, 0.2) is 5.78 Å². The number of hydrogen-bond donors (Lipinski definition) is 0. The van der Waals surface area contributed by atoms with E-state index in [9.17, 15) is 14.9 Å². The predicted molar refractivity (Wildman–Crippen MR) is 85.3 cm³/mol. The molecule has 0 atom stereocenters. The Kier molecular flexibility index (Phi) is 4.65. The van der Waals surface area contributed by atoms with E-state index < -0.39 is 4.92 Å². The summed E-state index contributed by atoms with van der Waals surface area (Å²) in [5, 5.41) is 11.0. The first kappa shape index (κ1) is 15.1. The first-order valence-corrected chi connectivity index (χ1v) is 6.99. The van der Waals surface area contributed by atoms with Crippen LogP contribution in [0.5, 0.6) is 0 Å². The lowest BCUT2D eigenvalue weighted by molar-refractivity contribution is -0.385. The molecule has 0 amide bonds. The monoisotopic (exact) mass is 345 g/mol. The second kappa shape index (κ2) is 6.45. The van der Waals surface area contributed by atoms with Gasteiger partial charge in [0.2, 0.25) is 0 Å². The zero-order chi connectivity index (χ0) is 15.4. The Hall–Kier alpha value is -2.27. The van der Waals surface area contributed by atoms with E-state index in [0.717, 1.165) is 10.0 Å². The molecule has 0 aliphatic carbocycles. The van der Waals surface area contributed by atoms with Gasteiger partial charge in [0.1, 0.15) is 0 Å². The van der Waals surface area contributed by atoms with E-state index in [0.29, 0.717) is 11.1 Å². The maximum absolute atomic E-state index is 12.0. The van der Waals surface area contributed by atoms with E-state index in [2.05, 4.69) is 15.9 Å². The van der Waals surface area contributed by atoms with Crippen LogP contribution in [0.4, 0.5) is 5.69 Å². The number of aryl methyl sites for hydroxylation is 1. The number of carbonyl (C=O) groups is 1. The summed E-state index contributed by atoms with van der Waals surface area (Å²) in [6.45, 7) is 1.94. The van der Waals surface area contributed by atoms with E-state index in [1.54, 1.807) is 24.3 Å². The van der Waals surface area contributed by atoms with Crippen molar-refractivity contribution in [1.82, 2.24) is 0 Å². The van der Waals surface area contributed by atoms with Gasteiger partial charge in [0.05, 0.1) is 10.5 Å². The van der Waals surface area contributed by atoms with Crippen LogP contribution in [0.2, 0.25) is 0 Å². The van der Waals surface area contributed by atoms with E-state index in [4.69, 9.17) is 0 Å². The van der Waals surface area contributed by atoms with Crippen molar-refractivity contribution in [3.8, 4) is 0 Å². The van der Waals surface area contributed by atoms with Gasteiger partial charge in [0, 0.05) is 16.1 Å². The van der Waals surface area contributed by atoms with Crippen LogP contribution in [0.1, 0.15) is 21.5 Å². The molecule has 0 fully saturated rings. The molecule has 2 aromatic carbocycles. The topological polar surface area (TPSA) is 60.2 Å². The maximum Gasteiger partial charge on any atom is 0.276 e. The van der Waals surface area contributed by atoms with Crippen molar-refractivity contribution < 1.29 is 9.72 Å². The number of nitro groups is 1. The summed E-state index contributed by atoms with van der Waals surface area (Å²) in [6.07, 6.45) is 2.81. The molecule has 5 heteroatoms. The Morgan fingerprint density at radius 2 is 1.86 bits per heavy atom. The highest BCUT2D eigenvalue weighted by Crippen LogP contribution is 2.24. The summed E-state index contributed by atoms with van der Waals surface area (Å²) in [4.78, 5) is 22.5. The number of hydrogen-bond acceptors (Lipinski definition) is 3. The summed E-state index contributed by atoms with van der Waals surface area (Å²) in [5.74, 6) is -0.190. The van der Waals surface area contributed by atoms with Crippen LogP contribution < -0.4 is 0 Å². The summed E-state index contributed by atoms with van der Waals surface area (Å²) in [7, 11) is 0. The van der Waals surface area contributed by atoms with Gasteiger partial charge in [-0.3, -0.25) is 14.9 Å². The van der Waals surface area contributed by atoms with Crippen molar-refractivity contribution in [2.24, 2.45) is 0 Å². The highest BCUT2D eigenvalue weighted by atomic mass is 79.9. The predicted octanol–water partition coefficient (Wildman–Crippen LogP) is 4.56. The molecule has 2 aromatic rings. The summed E-state index contributed by atoms with van der Waals surface area (Å²) < 4.78 is 0.718. The highest BCUT2D eigenvalue weighted by Gasteiger charge is 2.11. The van der Waals surface area contributed by atoms with Crippen LogP contribution in [-0.2, 0) is 0 Å². The molecule has 0 bridgehead atoms. The van der Waals surface area contributed by atoms with Crippen molar-refractivity contribution in [3.05, 3.63) is 79.8 Å². The van der Waals surface area contributed by atoms with Gasteiger partial charge in [0.25, 0.3) is 5.69 Å². The Balaban J connectivity index is 2.28. The third-order valence-electron chi connectivity index (χ3n) is 2.94. The van der Waals surface area contributed by atoms with Gasteiger partial charge in [-0.1, -0.05) is 45.8 Å². The van der Waals surface area contributed by atoms with Crippen molar-refractivity contribution >= 4 is 33.5 Å². The largest absolute Gasteiger partial charge is 0.289 e. The van der Waals surface area contributed by atoms with E-state index in [1.165, 1.54) is 18.2 Å². The van der Waals surface area contributed by atoms with Gasteiger partial charge in [-0.2, -0.15) is 0 Å². The van der Waals surface area contributed by atoms with Crippen molar-refractivity contribution in [3.63, 3.8) is 0 Å². The number of allylic oxidation sites excluding steroid dienone is 1. The van der Waals surface area contributed by atoms with Crippen molar-refractivity contribution in [2.45, 2.75) is 6.92 Å². The van der Waals surface area contributed by atoms with Crippen molar-refractivity contribution in [2.75, 3.05) is 0 Å². The van der Waals surface area contributed by atoms with E-state index in [-0.39, 0.29) is 11.5 Å². The molecule has 0 radical (unpaired) electrons. The average Bonchev–Trinajstić information content (AvgIpc) is 2.45. The molecule has 106 valence electrons. The van der Waals surface area contributed by atoms with Gasteiger partial charge >= 0.3 is 0 Å². The number of nitrogens with zero attached hydrogens (tertiary/aromatic N) is 1. The Morgan fingerprint density at radius 1 is 1.19 bits per heavy atom. The smallest absolute Gasteiger partial charge is 0.276 e. The number of nitro benzene ring substituents is 1. The third-order valence-corrected chi connectivity index (χ3v) is 3.43. The molecule has 0 saturated carbocycles. The Bertz CT molecular complexity index is 721.